The molecule has 0 aromatic heterocycles. The number of carbonyl (C=O) groups excluding carboxylic acids is 2. The Kier molecular flexibility index (Phi) is 10.1. The van der Waals surface area contributed by atoms with Gasteiger partial charge in [-0.3, -0.25) is 4.79 Å². The molecule has 4 heteroatoms. The van der Waals surface area contributed by atoms with Crippen molar-refractivity contribution in [3.8, 4) is 0 Å². The van der Waals surface area contributed by atoms with Crippen molar-refractivity contribution in [2.45, 2.75) is 70.8 Å². The lowest BCUT2D eigenvalue weighted by Crippen LogP contribution is -2.36. The molecule has 0 spiro atoms. The Hall–Kier alpha value is -1.58. The summed E-state index contributed by atoms with van der Waals surface area (Å²) >= 11 is 0. The minimum Gasteiger partial charge on any atom is -0.464 e. The Morgan fingerprint density at radius 3 is 2.55 bits per heavy atom. The van der Waals surface area contributed by atoms with Crippen LogP contribution in [0.4, 0.5) is 0 Å². The van der Waals surface area contributed by atoms with Gasteiger partial charge in [0.25, 0.3) is 0 Å². The van der Waals surface area contributed by atoms with Crippen molar-refractivity contribution in [3.63, 3.8) is 0 Å². The molecular formula is C18H29NO3. The zero-order chi connectivity index (χ0) is 16.0. The number of allylic oxidation sites excluding steroid dienone is 3. The highest BCUT2D eigenvalue weighted by Crippen LogP contribution is 2.06. The number of hydrogen-bond donors (Lipinski definition) is 1. The monoisotopic (exact) mass is 307 g/mol. The van der Waals surface area contributed by atoms with Gasteiger partial charge in [-0.05, 0) is 38.2 Å². The number of hydrogen-bond acceptors (Lipinski definition) is 3. The van der Waals surface area contributed by atoms with Crippen LogP contribution >= 0.6 is 0 Å². The number of ether oxygens (including phenoxy) is 1. The van der Waals surface area contributed by atoms with Crippen LogP contribution in [0, 0.1) is 0 Å². The first-order valence-electron chi connectivity index (χ1n) is 8.52. The molecule has 0 aliphatic carbocycles. The molecule has 1 saturated heterocycles. The molecule has 1 aliphatic heterocycles. The van der Waals surface area contributed by atoms with E-state index in [0.29, 0.717) is 13.0 Å². The van der Waals surface area contributed by atoms with Crippen molar-refractivity contribution in [1.29, 1.82) is 0 Å². The van der Waals surface area contributed by atoms with Crippen LogP contribution in [0.2, 0.25) is 0 Å². The zero-order valence-corrected chi connectivity index (χ0v) is 13.7. The van der Waals surface area contributed by atoms with E-state index in [2.05, 4.69) is 24.4 Å². The van der Waals surface area contributed by atoms with Crippen molar-refractivity contribution in [1.82, 2.24) is 5.32 Å². The lowest BCUT2D eigenvalue weighted by molar-refractivity contribution is -0.140. The molecule has 1 amide bonds. The summed E-state index contributed by atoms with van der Waals surface area (Å²) in [6.45, 7) is 2.63. The van der Waals surface area contributed by atoms with Gasteiger partial charge in [-0.15, -0.1) is 0 Å². The average Bonchev–Trinajstić information content (AvgIpc) is 2.90. The molecule has 1 N–H and O–H groups in total. The van der Waals surface area contributed by atoms with E-state index < -0.39 is 6.04 Å². The molecule has 1 rings (SSSR count). The standard InChI is InChI=1S/C18H29NO3/c1-2-3-4-5-6-7-8-9-10-11-12-13-17(20)19-16-14-15-22-18(16)21/h7-8,12-13,16H,2-6,9-11,14-15H2,1H3,(H,19,20)/b8-7-,13-12+/t16-/m0/s1. The van der Waals surface area contributed by atoms with E-state index in [1.165, 1.54) is 38.2 Å². The van der Waals surface area contributed by atoms with Crippen LogP contribution in [-0.4, -0.2) is 24.5 Å². The Morgan fingerprint density at radius 1 is 1.14 bits per heavy atom. The van der Waals surface area contributed by atoms with Gasteiger partial charge in [-0.1, -0.05) is 44.4 Å². The van der Waals surface area contributed by atoms with Gasteiger partial charge in [-0.25, -0.2) is 4.79 Å². The van der Waals surface area contributed by atoms with E-state index in [4.69, 9.17) is 4.74 Å². The number of rotatable bonds is 11. The third kappa shape index (κ3) is 8.65. The highest BCUT2D eigenvalue weighted by molar-refractivity contribution is 5.91. The fourth-order valence-corrected chi connectivity index (χ4v) is 2.32. The summed E-state index contributed by atoms with van der Waals surface area (Å²) in [7, 11) is 0. The molecule has 1 fully saturated rings. The Bertz CT molecular complexity index is 388. The van der Waals surface area contributed by atoms with Crippen LogP contribution in [-0.2, 0) is 14.3 Å². The van der Waals surface area contributed by atoms with E-state index in [1.807, 2.05) is 6.08 Å². The summed E-state index contributed by atoms with van der Waals surface area (Å²) in [6.07, 6.45) is 17.8. The highest BCUT2D eigenvalue weighted by Gasteiger charge is 2.26. The predicted octanol–water partition coefficient (Wildman–Crippen LogP) is 3.67. The molecule has 124 valence electrons. The summed E-state index contributed by atoms with van der Waals surface area (Å²) < 4.78 is 4.79. The number of carbonyl (C=O) groups is 2. The van der Waals surface area contributed by atoms with Crippen molar-refractivity contribution in [3.05, 3.63) is 24.3 Å². The molecular weight excluding hydrogens is 278 g/mol. The number of esters is 1. The first kappa shape index (κ1) is 18.5. The van der Waals surface area contributed by atoms with Crippen molar-refractivity contribution in [2.24, 2.45) is 0 Å². The molecule has 0 aromatic rings. The largest absolute Gasteiger partial charge is 0.464 e. The summed E-state index contributed by atoms with van der Waals surface area (Å²) in [5.41, 5.74) is 0. The normalized spacial score (nSPS) is 18.2. The Labute approximate surface area is 134 Å². The minimum absolute atomic E-state index is 0.213. The summed E-state index contributed by atoms with van der Waals surface area (Å²) in [5.74, 6) is -0.541. The van der Waals surface area contributed by atoms with Gasteiger partial charge in [0, 0.05) is 6.42 Å². The summed E-state index contributed by atoms with van der Waals surface area (Å²) in [5, 5.41) is 2.65. The first-order chi connectivity index (χ1) is 10.7. The van der Waals surface area contributed by atoms with E-state index in [-0.39, 0.29) is 11.9 Å². The second-order valence-electron chi connectivity index (χ2n) is 5.67. The fraction of sp³-hybridized carbons (Fsp3) is 0.667. The van der Waals surface area contributed by atoms with Gasteiger partial charge in [0.2, 0.25) is 5.91 Å². The molecule has 1 aliphatic rings. The molecule has 0 saturated carbocycles. The fourth-order valence-electron chi connectivity index (χ4n) is 2.32. The molecule has 1 atom stereocenters. The molecule has 1 heterocycles. The van der Waals surface area contributed by atoms with Crippen LogP contribution in [0.25, 0.3) is 0 Å². The van der Waals surface area contributed by atoms with Crippen LogP contribution in [0.15, 0.2) is 24.3 Å². The number of cyclic esters (lactones) is 1. The van der Waals surface area contributed by atoms with E-state index in [9.17, 15) is 9.59 Å². The van der Waals surface area contributed by atoms with E-state index in [1.54, 1.807) is 0 Å². The smallest absolute Gasteiger partial charge is 0.328 e. The maximum absolute atomic E-state index is 11.6. The number of nitrogens with one attached hydrogen (secondary N) is 1. The maximum atomic E-state index is 11.6. The van der Waals surface area contributed by atoms with Gasteiger partial charge >= 0.3 is 5.97 Å². The maximum Gasteiger partial charge on any atom is 0.328 e. The van der Waals surface area contributed by atoms with Crippen LogP contribution in [0.5, 0.6) is 0 Å². The third-order valence-electron chi connectivity index (χ3n) is 3.65. The Balaban J connectivity index is 1.98. The van der Waals surface area contributed by atoms with E-state index >= 15 is 0 Å². The lowest BCUT2D eigenvalue weighted by Gasteiger charge is -2.05. The molecule has 22 heavy (non-hydrogen) atoms. The average molecular weight is 307 g/mol. The first-order valence-corrected chi connectivity index (χ1v) is 8.52. The SMILES string of the molecule is CCCCCC/C=C\CCC/C=C/C(=O)N[C@H]1CCOC1=O. The van der Waals surface area contributed by atoms with Crippen LogP contribution in [0.1, 0.15) is 64.7 Å². The van der Waals surface area contributed by atoms with Crippen molar-refractivity contribution >= 4 is 11.9 Å². The summed E-state index contributed by atoms with van der Waals surface area (Å²) in [6, 6.07) is -0.465. The molecule has 0 aromatic carbocycles. The predicted molar refractivity (Wildman–Crippen MR) is 88.4 cm³/mol. The molecule has 0 unspecified atom stereocenters. The highest BCUT2D eigenvalue weighted by atomic mass is 16.5. The lowest BCUT2D eigenvalue weighted by atomic mass is 10.1. The van der Waals surface area contributed by atoms with E-state index in [0.717, 1.165) is 19.3 Å². The van der Waals surface area contributed by atoms with Crippen molar-refractivity contribution in [2.75, 3.05) is 6.61 Å². The summed E-state index contributed by atoms with van der Waals surface area (Å²) in [4.78, 5) is 22.8. The molecule has 4 nitrogen and oxygen atoms in total. The quantitative estimate of drug-likeness (QED) is 0.274. The van der Waals surface area contributed by atoms with Crippen LogP contribution < -0.4 is 5.32 Å². The minimum atomic E-state index is -0.465. The van der Waals surface area contributed by atoms with Gasteiger partial charge in [0.05, 0.1) is 6.61 Å². The van der Waals surface area contributed by atoms with Gasteiger partial charge in [0.15, 0.2) is 0 Å². The van der Waals surface area contributed by atoms with Crippen LogP contribution in [0.3, 0.4) is 0 Å². The van der Waals surface area contributed by atoms with Gasteiger partial charge < -0.3 is 10.1 Å². The molecule has 0 radical (unpaired) electrons. The van der Waals surface area contributed by atoms with Gasteiger partial charge in [0.1, 0.15) is 6.04 Å². The van der Waals surface area contributed by atoms with Crippen molar-refractivity contribution < 1.29 is 14.3 Å². The second-order valence-corrected chi connectivity index (χ2v) is 5.67. The second kappa shape index (κ2) is 12.0. The zero-order valence-electron chi connectivity index (χ0n) is 13.7. The third-order valence-corrected chi connectivity index (χ3v) is 3.65. The van der Waals surface area contributed by atoms with Gasteiger partial charge in [-0.2, -0.15) is 0 Å². The topological polar surface area (TPSA) is 55.4 Å². The Morgan fingerprint density at radius 2 is 1.86 bits per heavy atom. The number of amides is 1. The molecule has 0 bridgehead atoms. The number of unbranched alkanes of at least 4 members (excludes halogenated alkanes) is 6.